The van der Waals surface area contributed by atoms with Gasteiger partial charge in [0.15, 0.2) is 0 Å². The third kappa shape index (κ3) is 4.22. The third-order valence-electron chi connectivity index (χ3n) is 5.05. The minimum atomic E-state index is -1.09. The zero-order valence-electron chi connectivity index (χ0n) is 15.7. The standard InChI is InChI=1S/C23H21N3O2S/c27-23(28)26-21(12-17-14-24-20-11-4-3-10-19(17)20)22(29)25-13-16-8-5-7-15-6-1-2-9-18(15)16/h1-11,14,21,24,26H,12-13H2,(H,25,29)(H,27,28)/t21-/m1/s1. The van der Waals surface area contributed by atoms with E-state index in [1.807, 2.05) is 48.7 Å². The number of fused-ring (bicyclic) bond motifs is 2. The lowest BCUT2D eigenvalue weighted by Gasteiger charge is -2.20. The normalized spacial score (nSPS) is 12.0. The number of thiocarbonyl (C=S) groups is 1. The molecule has 4 aromatic rings. The van der Waals surface area contributed by atoms with Gasteiger partial charge in [-0.25, -0.2) is 4.79 Å². The molecule has 0 aliphatic carbocycles. The molecule has 5 nitrogen and oxygen atoms in total. The number of carbonyl (C=O) groups is 1. The molecular weight excluding hydrogens is 382 g/mol. The van der Waals surface area contributed by atoms with E-state index in [2.05, 4.69) is 39.9 Å². The Bertz CT molecular complexity index is 1180. The van der Waals surface area contributed by atoms with E-state index in [1.165, 1.54) is 0 Å². The number of hydrogen-bond acceptors (Lipinski definition) is 2. The third-order valence-corrected chi connectivity index (χ3v) is 5.48. The SMILES string of the molecule is O=C(O)N[C@H](Cc1c[nH]c2ccccc12)C(=S)NCc1cccc2ccccc12. The van der Waals surface area contributed by atoms with E-state index < -0.39 is 12.1 Å². The van der Waals surface area contributed by atoms with Crippen molar-refractivity contribution in [2.24, 2.45) is 0 Å². The molecule has 6 heteroatoms. The van der Waals surface area contributed by atoms with E-state index in [4.69, 9.17) is 12.2 Å². The van der Waals surface area contributed by atoms with Crippen molar-refractivity contribution in [1.82, 2.24) is 15.6 Å². The summed E-state index contributed by atoms with van der Waals surface area (Å²) < 4.78 is 0. The van der Waals surface area contributed by atoms with Gasteiger partial charge in [0.05, 0.1) is 11.0 Å². The molecule has 0 aliphatic heterocycles. The van der Waals surface area contributed by atoms with Crippen molar-refractivity contribution in [3.8, 4) is 0 Å². The number of para-hydroxylation sites is 1. The van der Waals surface area contributed by atoms with Crippen molar-refractivity contribution in [2.45, 2.75) is 19.0 Å². The van der Waals surface area contributed by atoms with Crippen LogP contribution in [0.2, 0.25) is 0 Å². The lowest BCUT2D eigenvalue weighted by atomic mass is 10.0. The first-order valence-electron chi connectivity index (χ1n) is 9.40. The zero-order valence-corrected chi connectivity index (χ0v) is 16.5. The van der Waals surface area contributed by atoms with E-state index in [0.29, 0.717) is 18.0 Å². The van der Waals surface area contributed by atoms with Crippen LogP contribution in [-0.2, 0) is 13.0 Å². The first kappa shape index (κ1) is 19.0. The minimum Gasteiger partial charge on any atom is -0.465 e. The molecule has 146 valence electrons. The van der Waals surface area contributed by atoms with Gasteiger partial charge in [-0.05, 0) is 28.0 Å². The lowest BCUT2D eigenvalue weighted by Crippen LogP contribution is -2.46. The number of aromatic amines is 1. The Hall–Kier alpha value is -3.38. The zero-order chi connectivity index (χ0) is 20.2. The van der Waals surface area contributed by atoms with Gasteiger partial charge in [-0.15, -0.1) is 0 Å². The van der Waals surface area contributed by atoms with Crippen molar-refractivity contribution in [2.75, 3.05) is 0 Å². The fourth-order valence-corrected chi connectivity index (χ4v) is 3.85. The molecule has 0 radical (unpaired) electrons. The topological polar surface area (TPSA) is 77.2 Å². The van der Waals surface area contributed by atoms with Crippen LogP contribution in [0.15, 0.2) is 72.9 Å². The molecular formula is C23H21N3O2S. The van der Waals surface area contributed by atoms with Crippen LogP contribution < -0.4 is 10.6 Å². The molecule has 4 rings (SSSR count). The van der Waals surface area contributed by atoms with Crippen molar-refractivity contribution in [3.05, 3.63) is 84.1 Å². The van der Waals surface area contributed by atoms with Crippen LogP contribution >= 0.6 is 12.2 Å². The maximum Gasteiger partial charge on any atom is 0.405 e. The maximum absolute atomic E-state index is 11.3. The summed E-state index contributed by atoms with van der Waals surface area (Å²) >= 11 is 5.56. The van der Waals surface area contributed by atoms with Gasteiger partial charge < -0.3 is 20.7 Å². The summed E-state index contributed by atoms with van der Waals surface area (Å²) in [6.07, 6.45) is 1.29. The van der Waals surface area contributed by atoms with E-state index in [9.17, 15) is 9.90 Å². The smallest absolute Gasteiger partial charge is 0.405 e. The van der Waals surface area contributed by atoms with Gasteiger partial charge in [-0.2, -0.15) is 0 Å². The van der Waals surface area contributed by atoms with Gasteiger partial charge in [0.1, 0.15) is 0 Å². The van der Waals surface area contributed by atoms with Gasteiger partial charge in [0, 0.05) is 30.1 Å². The predicted octanol–water partition coefficient (Wildman–Crippen LogP) is 4.62. The van der Waals surface area contributed by atoms with E-state index in [-0.39, 0.29) is 0 Å². The average Bonchev–Trinajstić information content (AvgIpc) is 3.14. The summed E-state index contributed by atoms with van der Waals surface area (Å²) in [4.78, 5) is 15.1. The van der Waals surface area contributed by atoms with Gasteiger partial charge in [0.25, 0.3) is 0 Å². The van der Waals surface area contributed by atoms with Crippen molar-refractivity contribution < 1.29 is 9.90 Å². The Morgan fingerprint density at radius 1 is 0.966 bits per heavy atom. The van der Waals surface area contributed by atoms with Crippen molar-refractivity contribution in [1.29, 1.82) is 0 Å². The molecule has 3 aromatic carbocycles. The van der Waals surface area contributed by atoms with Gasteiger partial charge in [-0.1, -0.05) is 72.9 Å². The first-order valence-corrected chi connectivity index (χ1v) is 9.81. The highest BCUT2D eigenvalue weighted by Gasteiger charge is 2.19. The molecule has 1 amide bonds. The number of carboxylic acid groups (broad SMARTS) is 1. The van der Waals surface area contributed by atoms with Crippen LogP contribution in [0.25, 0.3) is 21.7 Å². The van der Waals surface area contributed by atoms with Crippen LogP contribution in [0.4, 0.5) is 4.79 Å². The highest BCUT2D eigenvalue weighted by molar-refractivity contribution is 7.80. The molecule has 0 fully saturated rings. The maximum atomic E-state index is 11.3. The number of rotatable bonds is 6. The van der Waals surface area contributed by atoms with Crippen LogP contribution in [-0.4, -0.2) is 27.2 Å². The molecule has 0 saturated carbocycles. The molecule has 4 N–H and O–H groups in total. The second-order valence-corrected chi connectivity index (χ2v) is 7.36. The van der Waals surface area contributed by atoms with Crippen LogP contribution in [0.1, 0.15) is 11.1 Å². The fraction of sp³-hybridized carbons (Fsp3) is 0.130. The highest BCUT2D eigenvalue weighted by atomic mass is 32.1. The van der Waals surface area contributed by atoms with Crippen LogP contribution in [0.3, 0.4) is 0 Å². The average molecular weight is 404 g/mol. The van der Waals surface area contributed by atoms with Crippen molar-refractivity contribution >= 4 is 45.0 Å². The second kappa shape index (κ2) is 8.32. The molecule has 1 aromatic heterocycles. The monoisotopic (exact) mass is 403 g/mol. The quantitative estimate of drug-likeness (QED) is 0.355. The Morgan fingerprint density at radius 2 is 1.69 bits per heavy atom. The number of aromatic nitrogens is 1. The summed E-state index contributed by atoms with van der Waals surface area (Å²) in [6.45, 7) is 0.534. The van der Waals surface area contributed by atoms with E-state index in [1.54, 1.807) is 0 Å². The number of H-pyrrole nitrogens is 1. The molecule has 0 saturated heterocycles. The number of benzene rings is 3. The number of hydrogen-bond donors (Lipinski definition) is 4. The van der Waals surface area contributed by atoms with Gasteiger partial charge in [-0.3, -0.25) is 0 Å². The van der Waals surface area contributed by atoms with E-state index >= 15 is 0 Å². The molecule has 1 atom stereocenters. The molecule has 0 aliphatic rings. The number of amides is 1. The Balaban J connectivity index is 1.52. The van der Waals surface area contributed by atoms with Gasteiger partial charge >= 0.3 is 6.09 Å². The molecule has 0 spiro atoms. The van der Waals surface area contributed by atoms with Crippen molar-refractivity contribution in [3.63, 3.8) is 0 Å². The molecule has 0 unspecified atom stereocenters. The largest absolute Gasteiger partial charge is 0.465 e. The summed E-state index contributed by atoms with van der Waals surface area (Å²) in [6, 6.07) is 21.7. The second-order valence-electron chi connectivity index (χ2n) is 6.92. The Morgan fingerprint density at radius 3 is 2.52 bits per heavy atom. The predicted molar refractivity (Wildman–Crippen MR) is 120 cm³/mol. The van der Waals surface area contributed by atoms with Gasteiger partial charge in [0.2, 0.25) is 0 Å². The molecule has 29 heavy (non-hydrogen) atoms. The van der Waals surface area contributed by atoms with E-state index in [0.717, 1.165) is 32.8 Å². The first-order chi connectivity index (χ1) is 14.1. The fourth-order valence-electron chi connectivity index (χ4n) is 3.63. The lowest BCUT2D eigenvalue weighted by molar-refractivity contribution is 0.192. The summed E-state index contributed by atoms with van der Waals surface area (Å²) in [7, 11) is 0. The Labute approximate surface area is 173 Å². The summed E-state index contributed by atoms with van der Waals surface area (Å²) in [5, 5.41) is 18.5. The highest BCUT2D eigenvalue weighted by Crippen LogP contribution is 2.20. The molecule has 0 bridgehead atoms. The van der Waals surface area contributed by atoms with Crippen LogP contribution in [0.5, 0.6) is 0 Å². The molecule has 1 heterocycles. The minimum absolute atomic E-state index is 0.470. The summed E-state index contributed by atoms with van der Waals surface area (Å²) in [5.74, 6) is 0. The number of nitrogens with one attached hydrogen (secondary N) is 3. The van der Waals surface area contributed by atoms with Crippen LogP contribution in [0, 0.1) is 0 Å². The Kier molecular flexibility index (Phi) is 5.44. The summed E-state index contributed by atoms with van der Waals surface area (Å²) in [5.41, 5.74) is 3.16.